The highest BCUT2D eigenvalue weighted by Gasteiger charge is 2.07. The first-order valence-electron chi connectivity index (χ1n) is 6.59. The number of imidazole rings is 1. The molecule has 1 N–H and O–H groups in total. The molecule has 0 saturated heterocycles. The van der Waals surface area contributed by atoms with E-state index >= 15 is 0 Å². The number of para-hydroxylation sites is 2. The Labute approximate surface area is 117 Å². The molecule has 102 valence electrons. The molecule has 0 aliphatic carbocycles. The Bertz CT molecular complexity index is 733. The van der Waals surface area contributed by atoms with Crippen LogP contribution >= 0.6 is 0 Å². The molecule has 0 atom stereocenters. The number of halogens is 1. The SMILES string of the molecule is CNCc1ccc(F)c(Cn2cnc3ccccc32)c1. The van der Waals surface area contributed by atoms with Gasteiger partial charge in [-0.3, -0.25) is 0 Å². The summed E-state index contributed by atoms with van der Waals surface area (Å²) in [5.74, 6) is -0.178. The summed E-state index contributed by atoms with van der Waals surface area (Å²) in [5.41, 5.74) is 3.71. The van der Waals surface area contributed by atoms with Crippen LogP contribution in [0.5, 0.6) is 0 Å². The highest BCUT2D eigenvalue weighted by Crippen LogP contribution is 2.17. The van der Waals surface area contributed by atoms with E-state index in [1.807, 2.05) is 41.9 Å². The molecule has 0 aliphatic rings. The number of benzene rings is 2. The third kappa shape index (κ3) is 2.42. The lowest BCUT2D eigenvalue weighted by Crippen LogP contribution is -2.07. The standard InChI is InChI=1S/C16H16FN3/c1-18-9-12-6-7-14(17)13(8-12)10-20-11-19-15-4-2-3-5-16(15)20/h2-8,11,18H,9-10H2,1H3. The lowest BCUT2D eigenvalue weighted by atomic mass is 10.1. The van der Waals surface area contributed by atoms with E-state index in [-0.39, 0.29) is 5.82 Å². The van der Waals surface area contributed by atoms with Crippen molar-refractivity contribution in [2.45, 2.75) is 13.1 Å². The Morgan fingerprint density at radius 1 is 1.20 bits per heavy atom. The summed E-state index contributed by atoms with van der Waals surface area (Å²) < 4.78 is 15.9. The summed E-state index contributed by atoms with van der Waals surface area (Å²) in [6, 6.07) is 13.1. The maximum Gasteiger partial charge on any atom is 0.128 e. The third-order valence-corrected chi connectivity index (χ3v) is 3.36. The number of nitrogens with zero attached hydrogens (tertiary/aromatic N) is 2. The Morgan fingerprint density at radius 2 is 2.05 bits per heavy atom. The second-order valence-electron chi connectivity index (χ2n) is 4.82. The van der Waals surface area contributed by atoms with Gasteiger partial charge in [0.15, 0.2) is 0 Å². The van der Waals surface area contributed by atoms with Crippen LogP contribution < -0.4 is 5.32 Å². The lowest BCUT2D eigenvalue weighted by Gasteiger charge is -2.08. The van der Waals surface area contributed by atoms with E-state index in [4.69, 9.17) is 0 Å². The van der Waals surface area contributed by atoms with Crippen LogP contribution in [0.15, 0.2) is 48.8 Å². The van der Waals surface area contributed by atoms with Crippen molar-refractivity contribution in [3.63, 3.8) is 0 Å². The topological polar surface area (TPSA) is 29.9 Å². The van der Waals surface area contributed by atoms with Gasteiger partial charge in [-0.05, 0) is 36.9 Å². The van der Waals surface area contributed by atoms with E-state index < -0.39 is 0 Å². The predicted octanol–water partition coefficient (Wildman–Crippen LogP) is 2.94. The number of nitrogens with one attached hydrogen (secondary N) is 1. The molecule has 3 aromatic rings. The molecule has 2 aromatic carbocycles. The van der Waals surface area contributed by atoms with Crippen molar-refractivity contribution in [1.82, 2.24) is 14.9 Å². The van der Waals surface area contributed by atoms with E-state index in [9.17, 15) is 4.39 Å². The van der Waals surface area contributed by atoms with Crippen molar-refractivity contribution in [3.8, 4) is 0 Å². The zero-order chi connectivity index (χ0) is 13.9. The minimum absolute atomic E-state index is 0.178. The smallest absolute Gasteiger partial charge is 0.128 e. The summed E-state index contributed by atoms with van der Waals surface area (Å²) in [4.78, 5) is 4.33. The van der Waals surface area contributed by atoms with Gasteiger partial charge in [0.1, 0.15) is 5.82 Å². The van der Waals surface area contributed by atoms with Gasteiger partial charge in [-0.1, -0.05) is 18.2 Å². The van der Waals surface area contributed by atoms with Crippen LogP contribution in [0.25, 0.3) is 11.0 Å². The fourth-order valence-electron chi connectivity index (χ4n) is 2.38. The molecule has 3 nitrogen and oxygen atoms in total. The Hall–Kier alpha value is -2.20. The van der Waals surface area contributed by atoms with Crippen molar-refractivity contribution in [1.29, 1.82) is 0 Å². The van der Waals surface area contributed by atoms with E-state index in [1.165, 1.54) is 6.07 Å². The number of fused-ring (bicyclic) bond motifs is 1. The van der Waals surface area contributed by atoms with Crippen LogP contribution in [0.1, 0.15) is 11.1 Å². The number of hydrogen-bond acceptors (Lipinski definition) is 2. The number of hydrogen-bond donors (Lipinski definition) is 1. The van der Waals surface area contributed by atoms with Crippen molar-refractivity contribution < 1.29 is 4.39 Å². The van der Waals surface area contributed by atoms with Crippen molar-refractivity contribution in [3.05, 3.63) is 65.7 Å². The van der Waals surface area contributed by atoms with Crippen LogP contribution in [0, 0.1) is 5.82 Å². The highest BCUT2D eigenvalue weighted by molar-refractivity contribution is 5.75. The molecule has 0 saturated carbocycles. The zero-order valence-corrected chi connectivity index (χ0v) is 11.3. The van der Waals surface area contributed by atoms with Crippen LogP contribution in [-0.2, 0) is 13.1 Å². The lowest BCUT2D eigenvalue weighted by molar-refractivity contribution is 0.599. The summed E-state index contributed by atoms with van der Waals surface area (Å²) in [7, 11) is 1.88. The predicted molar refractivity (Wildman–Crippen MR) is 78.0 cm³/mol. The average Bonchev–Trinajstić information content (AvgIpc) is 2.86. The van der Waals surface area contributed by atoms with Gasteiger partial charge in [-0.15, -0.1) is 0 Å². The van der Waals surface area contributed by atoms with E-state index in [2.05, 4.69) is 10.3 Å². The second kappa shape index (κ2) is 5.43. The fraction of sp³-hybridized carbons (Fsp3) is 0.188. The Balaban J connectivity index is 1.96. The van der Waals surface area contributed by atoms with Crippen molar-refractivity contribution >= 4 is 11.0 Å². The summed E-state index contributed by atoms with van der Waals surface area (Å²) in [5, 5.41) is 3.08. The Kier molecular flexibility index (Phi) is 3.48. The quantitative estimate of drug-likeness (QED) is 0.789. The maximum atomic E-state index is 13.9. The largest absolute Gasteiger partial charge is 0.326 e. The zero-order valence-electron chi connectivity index (χ0n) is 11.3. The molecule has 1 heterocycles. The number of rotatable bonds is 4. The minimum atomic E-state index is -0.178. The monoisotopic (exact) mass is 269 g/mol. The molecule has 0 aliphatic heterocycles. The van der Waals surface area contributed by atoms with Crippen LogP contribution in [-0.4, -0.2) is 16.6 Å². The third-order valence-electron chi connectivity index (χ3n) is 3.36. The van der Waals surface area contributed by atoms with E-state index in [1.54, 1.807) is 12.4 Å². The first kappa shape index (κ1) is 12.8. The summed E-state index contributed by atoms with van der Waals surface area (Å²) >= 11 is 0. The van der Waals surface area contributed by atoms with E-state index in [0.29, 0.717) is 12.1 Å². The van der Waals surface area contributed by atoms with Gasteiger partial charge >= 0.3 is 0 Å². The van der Waals surface area contributed by atoms with Gasteiger partial charge in [0.25, 0.3) is 0 Å². The summed E-state index contributed by atoms with van der Waals surface area (Å²) in [6.07, 6.45) is 1.76. The average molecular weight is 269 g/mol. The molecule has 0 spiro atoms. The number of aromatic nitrogens is 2. The van der Waals surface area contributed by atoms with Gasteiger partial charge in [-0.2, -0.15) is 0 Å². The molecule has 0 unspecified atom stereocenters. The molecule has 4 heteroatoms. The summed E-state index contributed by atoms with van der Waals surface area (Å²) in [6.45, 7) is 1.22. The molecular weight excluding hydrogens is 253 g/mol. The van der Waals surface area contributed by atoms with Crippen LogP contribution in [0.3, 0.4) is 0 Å². The molecule has 0 radical (unpaired) electrons. The minimum Gasteiger partial charge on any atom is -0.326 e. The molecule has 1 aromatic heterocycles. The van der Waals surface area contributed by atoms with Crippen molar-refractivity contribution in [2.24, 2.45) is 0 Å². The van der Waals surface area contributed by atoms with Crippen LogP contribution in [0.4, 0.5) is 4.39 Å². The Morgan fingerprint density at radius 3 is 2.90 bits per heavy atom. The second-order valence-corrected chi connectivity index (χ2v) is 4.82. The van der Waals surface area contributed by atoms with Crippen LogP contribution in [0.2, 0.25) is 0 Å². The normalized spacial score (nSPS) is 11.1. The fourth-order valence-corrected chi connectivity index (χ4v) is 2.38. The van der Waals surface area contributed by atoms with Gasteiger partial charge in [0, 0.05) is 12.1 Å². The molecule has 0 bridgehead atoms. The van der Waals surface area contributed by atoms with Gasteiger partial charge in [0.05, 0.1) is 23.9 Å². The highest BCUT2D eigenvalue weighted by atomic mass is 19.1. The maximum absolute atomic E-state index is 13.9. The molecular formula is C16H16FN3. The molecule has 0 amide bonds. The molecule has 0 fully saturated rings. The molecule has 3 rings (SSSR count). The van der Waals surface area contributed by atoms with Gasteiger partial charge in [0.2, 0.25) is 0 Å². The van der Waals surface area contributed by atoms with Gasteiger partial charge < -0.3 is 9.88 Å². The van der Waals surface area contributed by atoms with Crippen molar-refractivity contribution in [2.75, 3.05) is 7.05 Å². The van der Waals surface area contributed by atoms with E-state index in [0.717, 1.165) is 23.1 Å². The molecule has 20 heavy (non-hydrogen) atoms. The first-order valence-corrected chi connectivity index (χ1v) is 6.59. The first-order chi connectivity index (χ1) is 9.78. The van der Waals surface area contributed by atoms with Gasteiger partial charge in [-0.25, -0.2) is 9.37 Å².